The monoisotopic (exact) mass is 341 g/mol. The van der Waals surface area contributed by atoms with Crippen molar-refractivity contribution in [2.45, 2.75) is 12.8 Å². The summed E-state index contributed by atoms with van der Waals surface area (Å²) in [4.78, 5) is 3.90. The zero-order valence-electron chi connectivity index (χ0n) is 11.8. The van der Waals surface area contributed by atoms with E-state index in [-0.39, 0.29) is 11.3 Å². The van der Waals surface area contributed by atoms with Crippen LogP contribution in [0.5, 0.6) is 5.75 Å². The fourth-order valence-electron chi connectivity index (χ4n) is 2.21. The third-order valence-corrected chi connectivity index (χ3v) is 3.24. The van der Waals surface area contributed by atoms with Crippen LogP contribution in [0.15, 0.2) is 42.9 Å². The molecule has 0 radical (unpaired) electrons. The zero-order valence-corrected chi connectivity index (χ0v) is 11.8. The third-order valence-electron chi connectivity index (χ3n) is 3.24. The summed E-state index contributed by atoms with van der Waals surface area (Å²) in [5.74, 6) is -0.626. The Hall–Kier alpha value is -2.84. The van der Waals surface area contributed by atoms with E-state index >= 15 is 0 Å². The molecular formula is C15H8F5N3O. The molecular weight excluding hydrogens is 333 g/mol. The van der Waals surface area contributed by atoms with Gasteiger partial charge in [-0.1, -0.05) is 0 Å². The lowest BCUT2D eigenvalue weighted by Crippen LogP contribution is -2.08. The Balaban J connectivity index is 2.22. The van der Waals surface area contributed by atoms with Crippen LogP contribution in [0.25, 0.3) is 22.0 Å². The molecule has 0 fully saturated rings. The quantitative estimate of drug-likeness (QED) is 0.666. The van der Waals surface area contributed by atoms with Crippen molar-refractivity contribution in [3.05, 3.63) is 48.4 Å². The smallest absolute Gasteiger partial charge is 0.416 e. The van der Waals surface area contributed by atoms with Crippen LogP contribution in [0.1, 0.15) is 5.56 Å². The minimum atomic E-state index is -4.69. The molecule has 0 saturated carbocycles. The maximum Gasteiger partial charge on any atom is 0.416 e. The van der Waals surface area contributed by atoms with Gasteiger partial charge >= 0.3 is 12.8 Å². The molecule has 0 spiro atoms. The number of ether oxygens (including phenoxy) is 1. The van der Waals surface area contributed by atoms with Crippen LogP contribution in [0.3, 0.4) is 0 Å². The summed E-state index contributed by atoms with van der Waals surface area (Å²) in [5, 5.41) is 8.64. The van der Waals surface area contributed by atoms with Gasteiger partial charge in [-0.25, -0.2) is 0 Å². The summed E-state index contributed by atoms with van der Waals surface area (Å²) in [6.07, 6.45) is -0.354. The molecule has 3 aromatic rings. The van der Waals surface area contributed by atoms with Crippen molar-refractivity contribution < 1.29 is 26.7 Å². The highest BCUT2D eigenvalue weighted by molar-refractivity contribution is 5.94. The van der Waals surface area contributed by atoms with E-state index in [0.717, 1.165) is 12.1 Å². The maximum absolute atomic E-state index is 12.8. The van der Waals surface area contributed by atoms with E-state index in [9.17, 15) is 22.0 Å². The largest absolute Gasteiger partial charge is 0.434 e. The minimum absolute atomic E-state index is 0.0207. The van der Waals surface area contributed by atoms with Gasteiger partial charge in [-0.2, -0.15) is 27.1 Å². The molecule has 9 heteroatoms. The summed E-state index contributed by atoms with van der Waals surface area (Å²) < 4.78 is 67.9. The van der Waals surface area contributed by atoms with E-state index in [1.165, 1.54) is 18.6 Å². The van der Waals surface area contributed by atoms with Gasteiger partial charge in [0.25, 0.3) is 0 Å². The van der Waals surface area contributed by atoms with Crippen LogP contribution in [0, 0.1) is 0 Å². The predicted octanol–water partition coefficient (Wildman–Crippen LogP) is 4.31. The third kappa shape index (κ3) is 3.10. The van der Waals surface area contributed by atoms with Gasteiger partial charge in [-0.05, 0) is 24.3 Å². The summed E-state index contributed by atoms with van der Waals surface area (Å²) in [6.45, 7) is -3.28. The average Bonchev–Trinajstić information content (AvgIpc) is 2.53. The molecule has 4 nitrogen and oxygen atoms in total. The number of hydrogen-bond donors (Lipinski definition) is 0. The van der Waals surface area contributed by atoms with Crippen molar-refractivity contribution in [3.63, 3.8) is 0 Å². The van der Waals surface area contributed by atoms with Gasteiger partial charge in [0, 0.05) is 28.7 Å². The Labute approximate surface area is 131 Å². The van der Waals surface area contributed by atoms with Gasteiger partial charge in [-0.3, -0.25) is 4.98 Å². The lowest BCUT2D eigenvalue weighted by Gasteiger charge is -2.14. The topological polar surface area (TPSA) is 47.9 Å². The van der Waals surface area contributed by atoms with E-state index in [2.05, 4.69) is 19.9 Å². The number of hydrogen-bond acceptors (Lipinski definition) is 4. The van der Waals surface area contributed by atoms with Crippen molar-refractivity contribution in [1.29, 1.82) is 0 Å². The second-order valence-corrected chi connectivity index (χ2v) is 4.74. The summed E-state index contributed by atoms with van der Waals surface area (Å²) in [6, 6.07) is 3.88. The van der Waals surface area contributed by atoms with Crippen LogP contribution < -0.4 is 4.74 Å². The fourth-order valence-corrected chi connectivity index (χ4v) is 2.21. The van der Waals surface area contributed by atoms with Crippen molar-refractivity contribution in [1.82, 2.24) is 15.2 Å². The molecule has 0 aliphatic rings. The zero-order chi connectivity index (χ0) is 17.3. The van der Waals surface area contributed by atoms with Crippen molar-refractivity contribution in [3.8, 4) is 17.0 Å². The lowest BCUT2D eigenvalue weighted by atomic mass is 10.0. The second-order valence-electron chi connectivity index (χ2n) is 4.74. The van der Waals surface area contributed by atoms with Gasteiger partial charge in [0.15, 0.2) is 0 Å². The number of alkyl halides is 5. The Morgan fingerprint density at radius 3 is 2.54 bits per heavy atom. The first-order chi connectivity index (χ1) is 11.4. The van der Waals surface area contributed by atoms with Crippen LogP contribution in [-0.4, -0.2) is 21.8 Å². The first-order valence-corrected chi connectivity index (χ1v) is 6.58. The molecule has 0 saturated heterocycles. The van der Waals surface area contributed by atoms with Crippen molar-refractivity contribution in [2.24, 2.45) is 0 Å². The summed E-state index contributed by atoms with van der Waals surface area (Å²) in [5.41, 5.74) is -0.997. The van der Waals surface area contributed by atoms with Gasteiger partial charge in [-0.15, -0.1) is 5.10 Å². The van der Waals surface area contributed by atoms with E-state index in [1.807, 2.05) is 0 Å². The van der Waals surface area contributed by atoms with Crippen molar-refractivity contribution >= 4 is 10.8 Å². The van der Waals surface area contributed by atoms with Crippen LogP contribution >= 0.6 is 0 Å². The fraction of sp³-hybridized carbons (Fsp3) is 0.133. The first-order valence-electron chi connectivity index (χ1n) is 6.58. The highest BCUT2D eigenvalue weighted by atomic mass is 19.4. The minimum Gasteiger partial charge on any atom is -0.434 e. The Kier molecular flexibility index (Phi) is 4.00. The Morgan fingerprint density at radius 1 is 1.04 bits per heavy atom. The normalized spacial score (nSPS) is 11.9. The predicted molar refractivity (Wildman–Crippen MR) is 74.4 cm³/mol. The molecule has 0 N–H and O–H groups in total. The SMILES string of the molecule is FC(F)Oc1cc(C(F)(F)F)ccc1-c1nncc2cnccc12. The van der Waals surface area contributed by atoms with Gasteiger partial charge in [0.05, 0.1) is 11.8 Å². The molecule has 124 valence electrons. The highest BCUT2D eigenvalue weighted by Crippen LogP contribution is 2.38. The molecule has 0 bridgehead atoms. The number of rotatable bonds is 3. The molecule has 0 aliphatic heterocycles. The molecule has 3 rings (SSSR count). The second kappa shape index (κ2) is 5.99. The van der Waals surface area contributed by atoms with Crippen LogP contribution in [-0.2, 0) is 6.18 Å². The Morgan fingerprint density at radius 2 is 1.83 bits per heavy atom. The number of fused-ring (bicyclic) bond motifs is 1. The molecule has 1 aromatic carbocycles. The number of pyridine rings is 1. The number of nitrogens with zero attached hydrogens (tertiary/aromatic N) is 3. The van der Waals surface area contributed by atoms with Crippen LogP contribution in [0.4, 0.5) is 22.0 Å². The van der Waals surface area contributed by atoms with Gasteiger partial charge < -0.3 is 4.74 Å². The molecule has 2 aromatic heterocycles. The summed E-state index contributed by atoms with van der Waals surface area (Å²) in [7, 11) is 0. The molecule has 24 heavy (non-hydrogen) atoms. The van der Waals surface area contributed by atoms with Gasteiger partial charge in [0.1, 0.15) is 11.4 Å². The average molecular weight is 341 g/mol. The molecule has 0 aliphatic carbocycles. The van der Waals surface area contributed by atoms with E-state index in [1.54, 1.807) is 6.07 Å². The standard InChI is InChI=1S/C15H8F5N3O/c16-14(17)24-12-5-9(15(18,19)20)1-2-11(12)13-10-3-4-21-6-8(10)7-22-23-13/h1-7,14H. The number of aromatic nitrogens is 3. The van der Waals surface area contributed by atoms with E-state index < -0.39 is 24.1 Å². The van der Waals surface area contributed by atoms with Crippen molar-refractivity contribution in [2.75, 3.05) is 0 Å². The molecule has 2 heterocycles. The maximum atomic E-state index is 12.8. The van der Waals surface area contributed by atoms with Gasteiger partial charge in [0.2, 0.25) is 0 Å². The molecule has 0 unspecified atom stereocenters. The lowest BCUT2D eigenvalue weighted by molar-refractivity contribution is -0.138. The molecule has 0 amide bonds. The summed E-state index contributed by atoms with van der Waals surface area (Å²) >= 11 is 0. The highest BCUT2D eigenvalue weighted by Gasteiger charge is 2.32. The van der Waals surface area contributed by atoms with E-state index in [0.29, 0.717) is 16.8 Å². The Bertz CT molecular complexity index is 877. The molecule has 0 atom stereocenters. The first kappa shape index (κ1) is 16.0. The number of halogens is 5. The number of benzene rings is 1. The van der Waals surface area contributed by atoms with Crippen LogP contribution in [0.2, 0.25) is 0 Å². The van der Waals surface area contributed by atoms with E-state index in [4.69, 9.17) is 0 Å².